The van der Waals surface area contributed by atoms with Crippen LogP contribution in [0.4, 0.5) is 0 Å². The van der Waals surface area contributed by atoms with Crippen LogP contribution < -0.4 is 10.6 Å². The molecule has 0 aromatic heterocycles. The third kappa shape index (κ3) is 11.3. The molecule has 1 saturated carbocycles. The second kappa shape index (κ2) is 17.2. The van der Waals surface area contributed by atoms with Crippen LogP contribution in [0.2, 0.25) is 0 Å². The van der Waals surface area contributed by atoms with Crippen molar-refractivity contribution in [3.63, 3.8) is 0 Å². The van der Waals surface area contributed by atoms with Gasteiger partial charge in [0.2, 0.25) is 17.7 Å². The smallest absolute Gasteiger partial charge is 0.244 e. The van der Waals surface area contributed by atoms with Crippen molar-refractivity contribution in [2.24, 2.45) is 11.3 Å². The van der Waals surface area contributed by atoms with Crippen molar-refractivity contribution in [1.29, 1.82) is 0 Å². The summed E-state index contributed by atoms with van der Waals surface area (Å²) in [5.74, 6) is 3.13. The SMILES string of the molecule is CC(C)(C)CC(=O)N1CSC[C@H]1C(=O)N[C@@H](CSCC1CCCCC1)C(=O)NC1CCN(Cc2ccccc2)CC1.Cl. The molecule has 3 amide bonds. The Morgan fingerprint density at radius 3 is 2.38 bits per heavy atom. The summed E-state index contributed by atoms with van der Waals surface area (Å²) < 4.78 is 0. The van der Waals surface area contributed by atoms with E-state index in [0.717, 1.165) is 38.2 Å². The Labute approximate surface area is 267 Å². The van der Waals surface area contributed by atoms with Crippen molar-refractivity contribution in [1.82, 2.24) is 20.4 Å². The van der Waals surface area contributed by atoms with Crippen molar-refractivity contribution >= 4 is 53.7 Å². The number of likely N-dealkylation sites (tertiary alicyclic amines) is 1. The lowest BCUT2D eigenvalue weighted by atomic mass is 9.91. The van der Waals surface area contributed by atoms with E-state index in [1.807, 2.05) is 26.8 Å². The standard InChI is InChI=1S/C32H50N4O3S2.ClH/c1-32(2,3)18-29(37)36-23-41-22-28(36)31(39)34-27(21-40-20-25-12-8-5-9-13-25)30(38)33-26-14-16-35(17-15-26)19-24-10-6-4-7-11-24;/h4,6-7,10-11,25-28H,5,8-9,12-23H2,1-3H3,(H,33,38)(H,34,39);1H/t27-,28-;/m0./s1. The third-order valence-electron chi connectivity index (χ3n) is 8.37. The lowest BCUT2D eigenvalue weighted by Gasteiger charge is -2.33. The van der Waals surface area contributed by atoms with Crippen molar-refractivity contribution in [2.45, 2.75) is 96.8 Å². The van der Waals surface area contributed by atoms with E-state index in [1.165, 1.54) is 37.7 Å². The predicted molar refractivity (Wildman–Crippen MR) is 178 cm³/mol. The molecule has 1 aliphatic carbocycles. The summed E-state index contributed by atoms with van der Waals surface area (Å²) in [5, 5.41) is 6.36. The van der Waals surface area contributed by atoms with Crippen LogP contribution in [0.1, 0.15) is 77.7 Å². The highest BCUT2D eigenvalue weighted by molar-refractivity contribution is 7.99. The first-order chi connectivity index (χ1) is 19.7. The molecule has 2 aliphatic heterocycles. The summed E-state index contributed by atoms with van der Waals surface area (Å²) in [6.07, 6.45) is 8.67. The highest BCUT2D eigenvalue weighted by Gasteiger charge is 2.37. The number of piperidine rings is 1. The number of amides is 3. The van der Waals surface area contributed by atoms with Crippen molar-refractivity contribution < 1.29 is 14.4 Å². The van der Waals surface area contributed by atoms with Gasteiger partial charge in [0, 0.05) is 43.6 Å². The van der Waals surface area contributed by atoms with Gasteiger partial charge in [0.25, 0.3) is 0 Å². The number of thioether (sulfide) groups is 2. The molecule has 236 valence electrons. The van der Waals surface area contributed by atoms with E-state index in [1.54, 1.807) is 28.4 Å². The number of halogens is 1. The maximum absolute atomic E-state index is 13.6. The van der Waals surface area contributed by atoms with Gasteiger partial charge in [0.1, 0.15) is 12.1 Å². The molecular weight excluding hydrogens is 588 g/mol. The lowest BCUT2D eigenvalue weighted by molar-refractivity contribution is -0.140. The zero-order valence-electron chi connectivity index (χ0n) is 25.6. The van der Waals surface area contributed by atoms with Crippen molar-refractivity contribution in [3.8, 4) is 0 Å². The normalized spacial score (nSPS) is 21.4. The van der Waals surface area contributed by atoms with Crippen LogP contribution in [-0.2, 0) is 20.9 Å². The molecule has 4 rings (SSSR count). The molecule has 0 unspecified atom stereocenters. The van der Waals surface area contributed by atoms with Crippen LogP contribution >= 0.6 is 35.9 Å². The van der Waals surface area contributed by atoms with E-state index in [0.29, 0.717) is 29.7 Å². The summed E-state index contributed by atoms with van der Waals surface area (Å²) in [6.45, 7) is 8.94. The fourth-order valence-electron chi connectivity index (χ4n) is 6.00. The second-order valence-corrected chi connectivity index (χ2v) is 15.3. The molecule has 0 spiro atoms. The van der Waals surface area contributed by atoms with Crippen LogP contribution in [0, 0.1) is 11.3 Å². The summed E-state index contributed by atoms with van der Waals surface area (Å²) in [5.41, 5.74) is 1.17. The minimum absolute atomic E-state index is 0. The van der Waals surface area contributed by atoms with Crippen LogP contribution in [0.25, 0.3) is 0 Å². The molecule has 3 fully saturated rings. The fourth-order valence-corrected chi connectivity index (χ4v) is 8.45. The molecular formula is C32H51ClN4O3S2. The first-order valence-electron chi connectivity index (χ1n) is 15.5. The Balaban J connectivity index is 0.00000484. The average Bonchev–Trinajstić information content (AvgIpc) is 3.44. The summed E-state index contributed by atoms with van der Waals surface area (Å²) in [7, 11) is 0. The Morgan fingerprint density at radius 1 is 1.02 bits per heavy atom. The van der Waals surface area contributed by atoms with E-state index in [-0.39, 0.29) is 41.6 Å². The van der Waals surface area contributed by atoms with Gasteiger partial charge in [0.15, 0.2) is 0 Å². The van der Waals surface area contributed by atoms with Crippen LogP contribution in [0.3, 0.4) is 0 Å². The minimum Gasteiger partial charge on any atom is -0.351 e. The lowest BCUT2D eigenvalue weighted by Crippen LogP contribution is -2.56. The predicted octanol–water partition coefficient (Wildman–Crippen LogP) is 5.33. The molecule has 42 heavy (non-hydrogen) atoms. The topological polar surface area (TPSA) is 81.8 Å². The number of rotatable bonds is 11. The number of nitrogens with zero attached hydrogens (tertiary/aromatic N) is 2. The molecule has 1 aromatic rings. The Bertz CT molecular complexity index is 995. The van der Waals surface area contributed by atoms with Gasteiger partial charge in [-0.25, -0.2) is 0 Å². The highest BCUT2D eigenvalue weighted by Crippen LogP contribution is 2.28. The maximum Gasteiger partial charge on any atom is 0.244 e. The molecule has 2 saturated heterocycles. The molecule has 1 aromatic carbocycles. The summed E-state index contributed by atoms with van der Waals surface area (Å²) >= 11 is 3.40. The quantitative estimate of drug-likeness (QED) is 0.341. The van der Waals surface area contributed by atoms with Crippen molar-refractivity contribution in [2.75, 3.05) is 36.2 Å². The first kappa shape index (κ1) is 35.1. The molecule has 2 N–H and O–H groups in total. The van der Waals surface area contributed by atoms with Gasteiger partial charge in [-0.05, 0) is 48.3 Å². The Kier molecular flexibility index (Phi) is 14.3. The maximum atomic E-state index is 13.6. The third-order valence-corrected chi connectivity index (χ3v) is 10.7. The van der Waals surface area contributed by atoms with Crippen LogP contribution in [0.15, 0.2) is 30.3 Å². The number of carbonyl (C=O) groups is 3. The highest BCUT2D eigenvalue weighted by atomic mass is 35.5. The van der Waals surface area contributed by atoms with E-state index < -0.39 is 12.1 Å². The summed E-state index contributed by atoms with van der Waals surface area (Å²) in [6, 6.07) is 9.52. The second-order valence-electron chi connectivity index (χ2n) is 13.3. The van der Waals surface area contributed by atoms with E-state index in [2.05, 4.69) is 39.8 Å². The molecule has 10 heteroatoms. The van der Waals surface area contributed by atoms with Gasteiger partial charge in [-0.2, -0.15) is 11.8 Å². The monoisotopic (exact) mass is 638 g/mol. The molecule has 0 bridgehead atoms. The van der Waals surface area contributed by atoms with Gasteiger partial charge < -0.3 is 15.5 Å². The zero-order chi connectivity index (χ0) is 29.2. The van der Waals surface area contributed by atoms with Crippen LogP contribution in [-0.4, -0.2) is 81.9 Å². The number of benzene rings is 1. The van der Waals surface area contributed by atoms with E-state index in [9.17, 15) is 14.4 Å². The zero-order valence-corrected chi connectivity index (χ0v) is 28.1. The summed E-state index contributed by atoms with van der Waals surface area (Å²) in [4.78, 5) is 44.2. The van der Waals surface area contributed by atoms with Crippen molar-refractivity contribution in [3.05, 3.63) is 35.9 Å². The Morgan fingerprint density at radius 2 is 1.71 bits per heavy atom. The Hall–Kier alpha value is -1.42. The van der Waals surface area contributed by atoms with Gasteiger partial charge in [-0.1, -0.05) is 70.4 Å². The van der Waals surface area contributed by atoms with Gasteiger partial charge in [0.05, 0.1) is 5.88 Å². The van der Waals surface area contributed by atoms with Crippen LogP contribution in [0.5, 0.6) is 0 Å². The number of hydrogen-bond acceptors (Lipinski definition) is 6. The molecule has 2 heterocycles. The van der Waals surface area contributed by atoms with Gasteiger partial charge in [-0.15, -0.1) is 24.2 Å². The fraction of sp³-hybridized carbons (Fsp3) is 0.719. The minimum atomic E-state index is -0.594. The number of hydrogen-bond donors (Lipinski definition) is 2. The number of carbonyl (C=O) groups excluding carboxylic acids is 3. The average molecular weight is 639 g/mol. The number of nitrogens with one attached hydrogen (secondary N) is 2. The molecule has 3 aliphatic rings. The first-order valence-corrected chi connectivity index (χ1v) is 17.8. The molecule has 0 radical (unpaired) electrons. The molecule has 7 nitrogen and oxygen atoms in total. The molecule has 2 atom stereocenters. The largest absolute Gasteiger partial charge is 0.351 e. The van der Waals surface area contributed by atoms with Gasteiger partial charge in [-0.3, -0.25) is 19.3 Å². The van der Waals surface area contributed by atoms with Gasteiger partial charge >= 0.3 is 0 Å². The van der Waals surface area contributed by atoms with E-state index >= 15 is 0 Å². The van der Waals surface area contributed by atoms with E-state index in [4.69, 9.17) is 0 Å².